The third kappa shape index (κ3) is 2.01. The summed E-state index contributed by atoms with van der Waals surface area (Å²) in [6.45, 7) is 0. The fourth-order valence-corrected chi connectivity index (χ4v) is 2.84. The van der Waals surface area contributed by atoms with Gasteiger partial charge < -0.3 is 4.74 Å². The van der Waals surface area contributed by atoms with Crippen LogP contribution in [0.2, 0.25) is 0 Å². The fraction of sp³-hybridized carbons (Fsp3) is 0.188. The van der Waals surface area contributed by atoms with Gasteiger partial charge in [0.2, 0.25) is 0 Å². The minimum atomic E-state index is -0.390. The molecule has 0 aliphatic heterocycles. The van der Waals surface area contributed by atoms with Gasteiger partial charge in [-0.1, -0.05) is 18.2 Å². The zero-order chi connectivity index (χ0) is 15.0. The van der Waals surface area contributed by atoms with Crippen molar-refractivity contribution in [2.45, 2.75) is 12.3 Å². The highest BCUT2D eigenvalue weighted by molar-refractivity contribution is 5.79. The number of nitrogens with zero attached hydrogens (tertiary/aromatic N) is 2. The first-order valence-corrected chi connectivity index (χ1v) is 6.50. The van der Waals surface area contributed by atoms with Crippen LogP contribution in [-0.4, -0.2) is 12.0 Å². The molecule has 0 radical (unpaired) electrons. The van der Waals surface area contributed by atoms with Crippen molar-refractivity contribution in [3.8, 4) is 22.9 Å². The summed E-state index contributed by atoms with van der Waals surface area (Å²) in [5.41, 5.74) is 3.23. The van der Waals surface area contributed by atoms with Crippen LogP contribution in [0.15, 0.2) is 36.4 Å². The molecule has 0 aromatic heterocycles. The third-order valence-corrected chi connectivity index (χ3v) is 3.84. The predicted octanol–water partition coefficient (Wildman–Crippen LogP) is 3.43. The Balaban J connectivity index is 2.30. The van der Waals surface area contributed by atoms with Crippen LogP contribution in [0, 0.1) is 21.4 Å². The summed E-state index contributed by atoms with van der Waals surface area (Å²) < 4.78 is 5.23. The second-order valence-electron chi connectivity index (χ2n) is 4.90. The van der Waals surface area contributed by atoms with Crippen molar-refractivity contribution >= 4 is 5.69 Å². The number of hydrogen-bond donors (Lipinski definition) is 0. The lowest BCUT2D eigenvalue weighted by atomic mass is 9.78. The van der Waals surface area contributed by atoms with Crippen LogP contribution >= 0.6 is 0 Å². The van der Waals surface area contributed by atoms with Gasteiger partial charge in [0, 0.05) is 11.6 Å². The summed E-state index contributed by atoms with van der Waals surface area (Å²) in [6, 6.07) is 12.8. The van der Waals surface area contributed by atoms with Gasteiger partial charge in [0.25, 0.3) is 5.69 Å². The molecule has 0 amide bonds. The van der Waals surface area contributed by atoms with E-state index in [-0.39, 0.29) is 11.6 Å². The summed E-state index contributed by atoms with van der Waals surface area (Å²) in [5, 5.41) is 20.6. The van der Waals surface area contributed by atoms with E-state index in [4.69, 9.17) is 4.74 Å². The molecular weight excluding hydrogens is 268 g/mol. The highest BCUT2D eigenvalue weighted by atomic mass is 16.6. The number of methoxy groups -OCH3 is 1. The number of hydrogen-bond acceptors (Lipinski definition) is 4. The summed E-state index contributed by atoms with van der Waals surface area (Å²) in [7, 11) is 1.57. The monoisotopic (exact) mass is 280 g/mol. The molecular formula is C16H12N2O3. The van der Waals surface area contributed by atoms with Crippen LogP contribution in [0.5, 0.6) is 5.75 Å². The van der Waals surface area contributed by atoms with E-state index < -0.39 is 4.92 Å². The van der Waals surface area contributed by atoms with E-state index in [0.717, 1.165) is 16.7 Å². The first-order chi connectivity index (χ1) is 10.2. The molecule has 0 heterocycles. The van der Waals surface area contributed by atoms with E-state index in [9.17, 15) is 15.4 Å². The molecule has 0 unspecified atom stereocenters. The van der Waals surface area contributed by atoms with Gasteiger partial charge in [-0.2, -0.15) is 5.26 Å². The zero-order valence-corrected chi connectivity index (χ0v) is 11.4. The fourth-order valence-electron chi connectivity index (χ4n) is 2.84. The Kier molecular flexibility index (Phi) is 3.07. The second-order valence-corrected chi connectivity index (χ2v) is 4.90. The van der Waals surface area contributed by atoms with Gasteiger partial charge in [0.05, 0.1) is 24.0 Å². The minimum absolute atomic E-state index is 0.0706. The molecule has 5 heteroatoms. The average Bonchev–Trinajstić information content (AvgIpc) is 2.52. The van der Waals surface area contributed by atoms with Gasteiger partial charge in [0.1, 0.15) is 5.75 Å². The van der Waals surface area contributed by atoms with Gasteiger partial charge in [-0.15, -0.1) is 0 Å². The molecule has 0 spiro atoms. The molecule has 0 saturated carbocycles. The number of nitro groups is 1. The topological polar surface area (TPSA) is 76.2 Å². The lowest BCUT2D eigenvalue weighted by Gasteiger charge is -2.23. The Morgan fingerprint density at radius 3 is 2.81 bits per heavy atom. The molecule has 2 aromatic carbocycles. The van der Waals surface area contributed by atoms with Crippen molar-refractivity contribution in [3.63, 3.8) is 0 Å². The normalized spacial score (nSPS) is 15.5. The molecule has 2 aromatic rings. The first kappa shape index (κ1) is 13.1. The molecule has 1 atom stereocenters. The molecule has 1 aliphatic rings. The maximum absolute atomic E-state index is 11.2. The number of fused-ring (bicyclic) bond motifs is 3. The first-order valence-electron chi connectivity index (χ1n) is 6.50. The molecule has 3 rings (SSSR count). The van der Waals surface area contributed by atoms with Gasteiger partial charge in [-0.25, -0.2) is 0 Å². The van der Waals surface area contributed by atoms with Gasteiger partial charge in [-0.05, 0) is 35.2 Å². The minimum Gasteiger partial charge on any atom is -0.497 e. The van der Waals surface area contributed by atoms with Crippen LogP contribution in [0.4, 0.5) is 5.69 Å². The molecule has 21 heavy (non-hydrogen) atoms. The number of ether oxygens (including phenoxy) is 1. The van der Waals surface area contributed by atoms with Gasteiger partial charge in [0.15, 0.2) is 0 Å². The predicted molar refractivity (Wildman–Crippen MR) is 77.1 cm³/mol. The van der Waals surface area contributed by atoms with E-state index in [1.165, 1.54) is 6.07 Å². The molecule has 104 valence electrons. The van der Waals surface area contributed by atoms with Crippen LogP contribution in [-0.2, 0) is 6.42 Å². The summed E-state index contributed by atoms with van der Waals surface area (Å²) in [6.07, 6.45) is 0.363. The summed E-state index contributed by atoms with van der Waals surface area (Å²) in [4.78, 5) is 10.8. The quantitative estimate of drug-likeness (QED) is 0.623. The van der Waals surface area contributed by atoms with E-state index >= 15 is 0 Å². The van der Waals surface area contributed by atoms with E-state index in [0.29, 0.717) is 17.7 Å². The van der Waals surface area contributed by atoms with Crippen molar-refractivity contribution in [3.05, 3.63) is 57.6 Å². The second kappa shape index (κ2) is 4.91. The van der Waals surface area contributed by atoms with Crippen LogP contribution < -0.4 is 4.74 Å². The zero-order valence-electron chi connectivity index (χ0n) is 11.4. The standard InChI is InChI=1S/C16H12N2O3/c1-21-11-5-6-12-10(9-17)7-15-13(14(12)8-11)3-2-4-16(15)18(19)20/h2-6,8,10H,7H2,1H3/t10-/m0/s1. The largest absolute Gasteiger partial charge is 0.497 e. The maximum Gasteiger partial charge on any atom is 0.273 e. The van der Waals surface area contributed by atoms with Gasteiger partial charge in [-0.3, -0.25) is 10.1 Å². The number of rotatable bonds is 2. The average molecular weight is 280 g/mol. The van der Waals surface area contributed by atoms with Crippen molar-refractivity contribution in [1.82, 2.24) is 0 Å². The molecule has 0 saturated heterocycles. The highest BCUT2D eigenvalue weighted by Gasteiger charge is 2.30. The van der Waals surface area contributed by atoms with Crippen LogP contribution in [0.3, 0.4) is 0 Å². The molecule has 0 fully saturated rings. The lowest BCUT2D eigenvalue weighted by Crippen LogP contribution is -2.12. The Morgan fingerprint density at radius 1 is 1.33 bits per heavy atom. The van der Waals surface area contributed by atoms with Crippen molar-refractivity contribution in [2.24, 2.45) is 0 Å². The van der Waals surface area contributed by atoms with E-state index in [2.05, 4.69) is 6.07 Å². The maximum atomic E-state index is 11.2. The Labute approximate surface area is 121 Å². The Morgan fingerprint density at radius 2 is 2.14 bits per heavy atom. The smallest absolute Gasteiger partial charge is 0.273 e. The van der Waals surface area contributed by atoms with E-state index in [1.807, 2.05) is 24.3 Å². The Hall–Kier alpha value is -2.87. The molecule has 0 N–H and O–H groups in total. The number of nitriles is 1. The summed E-state index contributed by atoms with van der Waals surface area (Å²) >= 11 is 0. The van der Waals surface area contributed by atoms with Crippen molar-refractivity contribution in [2.75, 3.05) is 7.11 Å². The lowest BCUT2D eigenvalue weighted by molar-refractivity contribution is -0.385. The van der Waals surface area contributed by atoms with Crippen molar-refractivity contribution < 1.29 is 9.66 Å². The van der Waals surface area contributed by atoms with Crippen molar-refractivity contribution in [1.29, 1.82) is 5.26 Å². The highest BCUT2D eigenvalue weighted by Crippen LogP contribution is 2.43. The van der Waals surface area contributed by atoms with Gasteiger partial charge >= 0.3 is 0 Å². The summed E-state index contributed by atoms with van der Waals surface area (Å²) in [5.74, 6) is 0.296. The molecule has 5 nitrogen and oxygen atoms in total. The number of nitro benzene ring substituents is 1. The number of benzene rings is 2. The van der Waals surface area contributed by atoms with E-state index in [1.54, 1.807) is 13.2 Å². The molecule has 0 bridgehead atoms. The SMILES string of the molecule is COc1ccc2c(c1)-c1cccc([N+](=O)[O-])c1C[C@H]2C#N. The molecule has 1 aliphatic carbocycles. The van der Waals surface area contributed by atoms with Crippen LogP contribution in [0.1, 0.15) is 17.0 Å². The van der Waals surface area contributed by atoms with Crippen LogP contribution in [0.25, 0.3) is 11.1 Å². The Bertz CT molecular complexity index is 778. The third-order valence-electron chi connectivity index (χ3n) is 3.84.